The predicted octanol–water partition coefficient (Wildman–Crippen LogP) is 5.53. The lowest BCUT2D eigenvalue weighted by molar-refractivity contribution is -0.137. The quantitative estimate of drug-likeness (QED) is 0.785. The third kappa shape index (κ3) is 3.45. The lowest BCUT2D eigenvalue weighted by Crippen LogP contribution is -2.09. The van der Waals surface area contributed by atoms with Crippen LogP contribution in [0.25, 0.3) is 0 Å². The van der Waals surface area contributed by atoms with Crippen molar-refractivity contribution in [3.05, 3.63) is 64.7 Å². The van der Waals surface area contributed by atoms with Crippen molar-refractivity contribution in [1.82, 2.24) is 0 Å². The number of hydrogen-bond donors (Lipinski definition) is 1. The number of anilines is 1. The summed E-state index contributed by atoms with van der Waals surface area (Å²) in [6, 6.07) is 12.6. The first-order valence-electron chi connectivity index (χ1n) is 6.06. The number of halogens is 4. The Labute approximate surface area is 120 Å². The second kappa shape index (κ2) is 5.75. The zero-order valence-corrected chi connectivity index (χ0v) is 11.5. The Balaban J connectivity index is 2.25. The Kier molecular flexibility index (Phi) is 4.23. The van der Waals surface area contributed by atoms with E-state index in [1.807, 2.05) is 37.3 Å². The third-order valence-corrected chi connectivity index (χ3v) is 3.29. The average Bonchev–Trinajstić information content (AvgIpc) is 2.41. The monoisotopic (exact) mass is 299 g/mol. The average molecular weight is 300 g/mol. The first-order valence-corrected chi connectivity index (χ1v) is 6.44. The maximum Gasteiger partial charge on any atom is 0.416 e. The fraction of sp³-hybridized carbons (Fsp3) is 0.200. The molecule has 0 bridgehead atoms. The van der Waals surface area contributed by atoms with Crippen LogP contribution in [0.3, 0.4) is 0 Å². The highest BCUT2D eigenvalue weighted by molar-refractivity contribution is 6.33. The molecule has 1 atom stereocenters. The van der Waals surface area contributed by atoms with Gasteiger partial charge in [-0.2, -0.15) is 13.2 Å². The van der Waals surface area contributed by atoms with Crippen LogP contribution in [-0.4, -0.2) is 0 Å². The molecule has 0 saturated heterocycles. The van der Waals surface area contributed by atoms with E-state index in [4.69, 9.17) is 11.6 Å². The molecule has 1 nitrogen and oxygen atoms in total. The van der Waals surface area contributed by atoms with Gasteiger partial charge in [0.2, 0.25) is 0 Å². The van der Waals surface area contributed by atoms with Crippen LogP contribution in [0.15, 0.2) is 48.5 Å². The molecule has 106 valence electrons. The van der Waals surface area contributed by atoms with Gasteiger partial charge < -0.3 is 5.32 Å². The van der Waals surface area contributed by atoms with Gasteiger partial charge in [0, 0.05) is 6.04 Å². The molecular weight excluding hydrogens is 287 g/mol. The van der Waals surface area contributed by atoms with Gasteiger partial charge in [0.1, 0.15) is 0 Å². The summed E-state index contributed by atoms with van der Waals surface area (Å²) in [4.78, 5) is 0. The normalized spacial score (nSPS) is 13.1. The smallest absolute Gasteiger partial charge is 0.377 e. The molecular formula is C15H13ClF3N. The first kappa shape index (κ1) is 14.7. The molecule has 0 saturated carbocycles. The molecule has 0 amide bonds. The Bertz CT molecular complexity index is 581. The van der Waals surface area contributed by atoms with E-state index in [0.717, 1.165) is 17.7 Å². The Morgan fingerprint density at radius 3 is 2.30 bits per heavy atom. The van der Waals surface area contributed by atoms with Gasteiger partial charge in [-0.05, 0) is 30.7 Å². The van der Waals surface area contributed by atoms with Crippen molar-refractivity contribution in [2.45, 2.75) is 19.1 Å². The summed E-state index contributed by atoms with van der Waals surface area (Å²) in [5.41, 5.74) is 0.531. The minimum absolute atomic E-state index is 0.141. The Hall–Kier alpha value is -1.68. The Morgan fingerprint density at radius 1 is 1.05 bits per heavy atom. The highest BCUT2D eigenvalue weighted by atomic mass is 35.5. The largest absolute Gasteiger partial charge is 0.416 e. The molecule has 20 heavy (non-hydrogen) atoms. The molecule has 2 aromatic rings. The first-order chi connectivity index (χ1) is 9.38. The second-order valence-corrected chi connectivity index (χ2v) is 4.88. The highest BCUT2D eigenvalue weighted by Gasteiger charge is 2.31. The summed E-state index contributed by atoms with van der Waals surface area (Å²) in [6.07, 6.45) is -4.38. The number of rotatable bonds is 3. The zero-order chi connectivity index (χ0) is 14.8. The maximum absolute atomic E-state index is 12.7. The van der Waals surface area contributed by atoms with Crippen molar-refractivity contribution in [1.29, 1.82) is 0 Å². The molecule has 0 aliphatic rings. The summed E-state index contributed by atoms with van der Waals surface area (Å²) in [6.45, 7) is 1.87. The van der Waals surface area contributed by atoms with Crippen LogP contribution in [0.5, 0.6) is 0 Å². The van der Waals surface area contributed by atoms with Crippen molar-refractivity contribution in [3.8, 4) is 0 Å². The van der Waals surface area contributed by atoms with Gasteiger partial charge in [-0.1, -0.05) is 41.9 Å². The molecule has 2 aromatic carbocycles. The van der Waals surface area contributed by atoms with Crippen molar-refractivity contribution in [2.75, 3.05) is 5.32 Å². The molecule has 0 fully saturated rings. The van der Waals surface area contributed by atoms with E-state index >= 15 is 0 Å². The number of hydrogen-bond acceptors (Lipinski definition) is 1. The van der Waals surface area contributed by atoms with Gasteiger partial charge in [0.25, 0.3) is 0 Å². The number of benzene rings is 2. The van der Waals surface area contributed by atoms with E-state index in [1.165, 1.54) is 6.07 Å². The van der Waals surface area contributed by atoms with Gasteiger partial charge in [-0.3, -0.25) is 0 Å². The number of alkyl halides is 3. The summed E-state index contributed by atoms with van der Waals surface area (Å²) in [7, 11) is 0. The SMILES string of the molecule is CC(Nc1cc(C(F)(F)F)ccc1Cl)c1ccccc1. The fourth-order valence-electron chi connectivity index (χ4n) is 1.87. The van der Waals surface area contributed by atoms with E-state index in [-0.39, 0.29) is 16.8 Å². The molecule has 1 N–H and O–H groups in total. The van der Waals surface area contributed by atoms with E-state index < -0.39 is 11.7 Å². The van der Waals surface area contributed by atoms with Gasteiger partial charge in [0.05, 0.1) is 16.3 Å². The molecule has 2 rings (SSSR count). The molecule has 0 aromatic heterocycles. The zero-order valence-electron chi connectivity index (χ0n) is 10.7. The van der Waals surface area contributed by atoms with Gasteiger partial charge >= 0.3 is 6.18 Å². The lowest BCUT2D eigenvalue weighted by Gasteiger charge is -2.18. The molecule has 0 aliphatic carbocycles. The summed E-state index contributed by atoms with van der Waals surface area (Å²) in [5, 5.41) is 3.27. The molecule has 5 heteroatoms. The van der Waals surface area contributed by atoms with Crippen molar-refractivity contribution in [2.24, 2.45) is 0 Å². The van der Waals surface area contributed by atoms with Crippen LogP contribution in [0.4, 0.5) is 18.9 Å². The summed E-state index contributed by atoms with van der Waals surface area (Å²) in [5.74, 6) is 0. The minimum atomic E-state index is -4.38. The molecule has 0 spiro atoms. The van der Waals surface area contributed by atoms with E-state index in [9.17, 15) is 13.2 Å². The highest BCUT2D eigenvalue weighted by Crippen LogP contribution is 2.35. The van der Waals surface area contributed by atoms with E-state index in [1.54, 1.807) is 0 Å². The molecule has 1 unspecified atom stereocenters. The second-order valence-electron chi connectivity index (χ2n) is 4.47. The Morgan fingerprint density at radius 2 is 1.70 bits per heavy atom. The van der Waals surface area contributed by atoms with Crippen molar-refractivity contribution >= 4 is 17.3 Å². The van der Waals surface area contributed by atoms with Crippen LogP contribution >= 0.6 is 11.6 Å². The lowest BCUT2D eigenvalue weighted by atomic mass is 10.1. The van der Waals surface area contributed by atoms with Gasteiger partial charge in [-0.25, -0.2) is 0 Å². The van der Waals surface area contributed by atoms with Gasteiger partial charge in [-0.15, -0.1) is 0 Å². The maximum atomic E-state index is 12.7. The summed E-state index contributed by atoms with van der Waals surface area (Å²) < 4.78 is 38.1. The van der Waals surface area contributed by atoms with Crippen LogP contribution in [0, 0.1) is 0 Å². The van der Waals surface area contributed by atoms with Crippen LogP contribution in [-0.2, 0) is 6.18 Å². The van der Waals surface area contributed by atoms with E-state index in [2.05, 4.69) is 5.32 Å². The van der Waals surface area contributed by atoms with E-state index in [0.29, 0.717) is 0 Å². The van der Waals surface area contributed by atoms with Crippen LogP contribution < -0.4 is 5.32 Å². The topological polar surface area (TPSA) is 12.0 Å². The predicted molar refractivity (Wildman–Crippen MR) is 74.9 cm³/mol. The molecule has 0 radical (unpaired) electrons. The standard InChI is InChI=1S/C15H13ClF3N/c1-10(11-5-3-2-4-6-11)20-14-9-12(15(17,18)19)7-8-13(14)16/h2-10,20H,1H3. The molecule has 0 aliphatic heterocycles. The molecule has 0 heterocycles. The summed E-state index contributed by atoms with van der Waals surface area (Å²) >= 11 is 5.95. The fourth-order valence-corrected chi connectivity index (χ4v) is 2.04. The minimum Gasteiger partial charge on any atom is -0.377 e. The van der Waals surface area contributed by atoms with Crippen molar-refractivity contribution in [3.63, 3.8) is 0 Å². The van der Waals surface area contributed by atoms with Crippen molar-refractivity contribution < 1.29 is 13.2 Å². The third-order valence-electron chi connectivity index (χ3n) is 2.97. The van der Waals surface area contributed by atoms with Gasteiger partial charge in [0.15, 0.2) is 0 Å². The van der Waals surface area contributed by atoms with Crippen LogP contribution in [0.1, 0.15) is 24.1 Å². The van der Waals surface area contributed by atoms with Crippen LogP contribution in [0.2, 0.25) is 5.02 Å². The number of nitrogens with one attached hydrogen (secondary N) is 1.